The van der Waals surface area contributed by atoms with Crippen molar-refractivity contribution in [2.24, 2.45) is 5.92 Å². The summed E-state index contributed by atoms with van der Waals surface area (Å²) in [5, 5.41) is 6.35. The van der Waals surface area contributed by atoms with E-state index in [-0.39, 0.29) is 30.1 Å². The summed E-state index contributed by atoms with van der Waals surface area (Å²) in [5.74, 6) is 0.176. The average Bonchev–Trinajstić information content (AvgIpc) is 2.62. The molecule has 2 amide bonds. The number of benzene rings is 1. The first-order valence-electron chi connectivity index (χ1n) is 9.07. The minimum absolute atomic E-state index is 0. The molecule has 3 rings (SSSR count). The molecule has 138 valence electrons. The zero-order valence-corrected chi connectivity index (χ0v) is 15.6. The molecule has 1 aromatic carbocycles. The Morgan fingerprint density at radius 2 is 1.96 bits per heavy atom. The van der Waals surface area contributed by atoms with Crippen LogP contribution in [0.15, 0.2) is 24.3 Å². The van der Waals surface area contributed by atoms with E-state index in [1.807, 2.05) is 23.1 Å². The van der Waals surface area contributed by atoms with Crippen molar-refractivity contribution in [1.29, 1.82) is 0 Å². The Balaban J connectivity index is 0.00000225. The van der Waals surface area contributed by atoms with Gasteiger partial charge in [0.1, 0.15) is 0 Å². The van der Waals surface area contributed by atoms with Gasteiger partial charge >= 0.3 is 0 Å². The summed E-state index contributed by atoms with van der Waals surface area (Å²) < 4.78 is 0. The number of amides is 2. The van der Waals surface area contributed by atoms with Crippen LogP contribution in [0.2, 0.25) is 0 Å². The molecular formula is C19H28ClN3O2. The molecule has 2 heterocycles. The Morgan fingerprint density at radius 3 is 2.68 bits per heavy atom. The van der Waals surface area contributed by atoms with E-state index in [0.717, 1.165) is 45.3 Å². The van der Waals surface area contributed by atoms with Gasteiger partial charge in [-0.15, -0.1) is 12.4 Å². The van der Waals surface area contributed by atoms with E-state index in [1.54, 1.807) is 6.07 Å². The topological polar surface area (TPSA) is 61.4 Å². The number of nitrogens with one attached hydrogen (secondary N) is 2. The van der Waals surface area contributed by atoms with Crippen LogP contribution in [0.25, 0.3) is 0 Å². The second kappa shape index (κ2) is 9.20. The Morgan fingerprint density at radius 1 is 1.20 bits per heavy atom. The van der Waals surface area contributed by atoms with E-state index in [0.29, 0.717) is 17.3 Å². The fourth-order valence-electron chi connectivity index (χ4n) is 3.62. The molecule has 2 saturated heterocycles. The molecule has 0 unspecified atom stereocenters. The zero-order chi connectivity index (χ0) is 16.9. The number of hydrogen-bond donors (Lipinski definition) is 2. The molecule has 2 N–H and O–H groups in total. The minimum Gasteiger partial charge on any atom is -0.339 e. The Bertz CT molecular complexity index is 602. The third-order valence-corrected chi connectivity index (χ3v) is 5.01. The molecule has 6 heteroatoms. The fourth-order valence-corrected chi connectivity index (χ4v) is 3.62. The Hall–Kier alpha value is -1.59. The molecule has 0 saturated carbocycles. The van der Waals surface area contributed by atoms with Crippen molar-refractivity contribution in [2.45, 2.75) is 45.1 Å². The normalized spacial score (nSPS) is 23.5. The van der Waals surface area contributed by atoms with Gasteiger partial charge in [-0.1, -0.05) is 6.07 Å². The first-order valence-corrected chi connectivity index (χ1v) is 9.07. The number of hydrogen-bond acceptors (Lipinski definition) is 3. The maximum Gasteiger partial charge on any atom is 0.253 e. The second-order valence-corrected chi connectivity index (χ2v) is 7.00. The van der Waals surface area contributed by atoms with Gasteiger partial charge in [0, 0.05) is 36.3 Å². The minimum atomic E-state index is 0. The molecule has 0 radical (unpaired) electrons. The number of halogens is 1. The van der Waals surface area contributed by atoms with Gasteiger partial charge in [-0.05, 0) is 63.8 Å². The van der Waals surface area contributed by atoms with Crippen LogP contribution in [-0.4, -0.2) is 42.4 Å². The first kappa shape index (κ1) is 19.7. The molecule has 1 aromatic rings. The summed E-state index contributed by atoms with van der Waals surface area (Å²) in [4.78, 5) is 27.0. The number of piperidine rings is 2. The van der Waals surface area contributed by atoms with Gasteiger partial charge < -0.3 is 15.5 Å². The lowest BCUT2D eigenvalue weighted by atomic mass is 9.92. The van der Waals surface area contributed by atoms with Crippen LogP contribution in [0.4, 0.5) is 5.69 Å². The number of rotatable bonds is 3. The maximum atomic E-state index is 12.6. The smallest absolute Gasteiger partial charge is 0.253 e. The molecule has 2 aliphatic rings. The van der Waals surface area contributed by atoms with E-state index in [4.69, 9.17) is 0 Å². The van der Waals surface area contributed by atoms with Crippen molar-refractivity contribution >= 4 is 29.9 Å². The highest BCUT2D eigenvalue weighted by molar-refractivity contribution is 5.97. The van der Waals surface area contributed by atoms with Crippen molar-refractivity contribution in [3.63, 3.8) is 0 Å². The molecule has 2 fully saturated rings. The van der Waals surface area contributed by atoms with Gasteiger partial charge in [0.05, 0.1) is 0 Å². The van der Waals surface area contributed by atoms with Crippen molar-refractivity contribution in [3.05, 3.63) is 29.8 Å². The Labute approximate surface area is 155 Å². The van der Waals surface area contributed by atoms with Crippen LogP contribution < -0.4 is 10.6 Å². The number of anilines is 1. The van der Waals surface area contributed by atoms with Gasteiger partial charge in [-0.2, -0.15) is 0 Å². The van der Waals surface area contributed by atoms with Crippen molar-refractivity contribution in [2.75, 3.05) is 25.0 Å². The standard InChI is InChI=1S/C19H27N3O2.ClH/c1-14-12-15(8-9-20-14)18(23)21-17-7-5-6-16(13-17)19(24)22-10-3-2-4-11-22;/h5-7,13-15,20H,2-4,8-12H2,1H3,(H,21,23);1H/t14-,15-;/m0./s1. The molecule has 2 aliphatic heterocycles. The summed E-state index contributed by atoms with van der Waals surface area (Å²) in [6.07, 6.45) is 5.08. The highest BCUT2D eigenvalue weighted by Crippen LogP contribution is 2.20. The highest BCUT2D eigenvalue weighted by atomic mass is 35.5. The molecule has 2 atom stereocenters. The zero-order valence-electron chi connectivity index (χ0n) is 14.8. The van der Waals surface area contributed by atoms with Crippen LogP contribution >= 0.6 is 12.4 Å². The fraction of sp³-hybridized carbons (Fsp3) is 0.579. The molecular weight excluding hydrogens is 338 g/mol. The average molecular weight is 366 g/mol. The SMILES string of the molecule is C[C@H]1C[C@@H](C(=O)Nc2cccc(C(=O)N3CCCCC3)c2)CCN1.Cl. The van der Waals surface area contributed by atoms with Crippen LogP contribution in [0, 0.1) is 5.92 Å². The summed E-state index contributed by atoms with van der Waals surface area (Å²) in [7, 11) is 0. The Kier molecular flexibility index (Phi) is 7.26. The van der Waals surface area contributed by atoms with Gasteiger partial charge in [-0.25, -0.2) is 0 Å². The summed E-state index contributed by atoms with van der Waals surface area (Å²) in [6, 6.07) is 7.72. The third-order valence-electron chi connectivity index (χ3n) is 5.01. The summed E-state index contributed by atoms with van der Waals surface area (Å²) >= 11 is 0. The van der Waals surface area contributed by atoms with Crippen LogP contribution in [-0.2, 0) is 4.79 Å². The molecule has 5 nitrogen and oxygen atoms in total. The van der Waals surface area contributed by atoms with Crippen molar-refractivity contribution in [1.82, 2.24) is 10.2 Å². The van der Waals surface area contributed by atoms with E-state index in [2.05, 4.69) is 17.6 Å². The van der Waals surface area contributed by atoms with Gasteiger partial charge in [0.2, 0.25) is 5.91 Å². The number of carbonyl (C=O) groups excluding carboxylic acids is 2. The lowest BCUT2D eigenvalue weighted by Crippen LogP contribution is -2.40. The predicted octanol–water partition coefficient (Wildman–Crippen LogP) is 3.06. The van der Waals surface area contributed by atoms with Crippen LogP contribution in [0.1, 0.15) is 49.4 Å². The van der Waals surface area contributed by atoms with Crippen molar-refractivity contribution < 1.29 is 9.59 Å². The van der Waals surface area contributed by atoms with E-state index >= 15 is 0 Å². The van der Waals surface area contributed by atoms with E-state index in [9.17, 15) is 9.59 Å². The number of likely N-dealkylation sites (tertiary alicyclic amines) is 1. The maximum absolute atomic E-state index is 12.6. The molecule has 0 spiro atoms. The lowest BCUT2D eigenvalue weighted by Gasteiger charge is -2.27. The largest absolute Gasteiger partial charge is 0.339 e. The number of nitrogens with zero attached hydrogens (tertiary/aromatic N) is 1. The first-order chi connectivity index (χ1) is 11.6. The van der Waals surface area contributed by atoms with Crippen molar-refractivity contribution in [3.8, 4) is 0 Å². The molecule has 0 aliphatic carbocycles. The molecule has 0 aromatic heterocycles. The highest BCUT2D eigenvalue weighted by Gasteiger charge is 2.25. The molecule has 25 heavy (non-hydrogen) atoms. The van der Waals surface area contributed by atoms with E-state index in [1.165, 1.54) is 6.42 Å². The summed E-state index contributed by atoms with van der Waals surface area (Å²) in [6.45, 7) is 4.66. The quantitative estimate of drug-likeness (QED) is 0.865. The van der Waals surface area contributed by atoms with E-state index < -0.39 is 0 Å². The van der Waals surface area contributed by atoms with Gasteiger partial charge in [0.25, 0.3) is 5.91 Å². The predicted molar refractivity (Wildman–Crippen MR) is 102 cm³/mol. The summed E-state index contributed by atoms with van der Waals surface area (Å²) in [5.41, 5.74) is 1.38. The lowest BCUT2D eigenvalue weighted by molar-refractivity contribution is -0.120. The van der Waals surface area contributed by atoms with Gasteiger partial charge in [0.15, 0.2) is 0 Å². The van der Waals surface area contributed by atoms with Gasteiger partial charge in [-0.3, -0.25) is 9.59 Å². The third kappa shape index (κ3) is 5.19. The molecule has 0 bridgehead atoms. The van der Waals surface area contributed by atoms with Crippen LogP contribution in [0.3, 0.4) is 0 Å². The monoisotopic (exact) mass is 365 g/mol. The number of carbonyl (C=O) groups is 2. The second-order valence-electron chi connectivity index (χ2n) is 7.00. The van der Waals surface area contributed by atoms with Crippen LogP contribution in [0.5, 0.6) is 0 Å².